The molecule has 2 aromatic rings. The van der Waals surface area contributed by atoms with Crippen LogP contribution in [0.25, 0.3) is 0 Å². The molecule has 142 valence electrons. The molecule has 0 saturated heterocycles. The number of rotatable bonds is 7. The van der Waals surface area contributed by atoms with E-state index in [-0.39, 0.29) is 24.3 Å². The van der Waals surface area contributed by atoms with Crippen molar-refractivity contribution in [3.05, 3.63) is 60.2 Å². The molecule has 0 spiro atoms. The van der Waals surface area contributed by atoms with Crippen LogP contribution in [0.15, 0.2) is 54.6 Å². The molecular weight excluding hydrogens is 340 g/mol. The average molecular weight is 366 g/mol. The maximum Gasteiger partial charge on any atom is 0.258 e. The second-order valence-electron chi connectivity index (χ2n) is 7.22. The maximum atomic E-state index is 13.1. The van der Waals surface area contributed by atoms with Gasteiger partial charge in [0, 0.05) is 12.2 Å². The Morgan fingerprint density at radius 3 is 2.52 bits per heavy atom. The molecule has 2 aromatic carbocycles. The molecule has 1 aliphatic heterocycles. The molecule has 1 N–H and O–H groups in total. The highest BCUT2D eigenvalue weighted by Crippen LogP contribution is 2.28. The van der Waals surface area contributed by atoms with E-state index in [2.05, 4.69) is 5.32 Å². The van der Waals surface area contributed by atoms with Gasteiger partial charge in [0.15, 0.2) is 6.61 Å². The minimum absolute atomic E-state index is 0.0540. The van der Waals surface area contributed by atoms with Crippen LogP contribution in [0.3, 0.4) is 0 Å². The summed E-state index contributed by atoms with van der Waals surface area (Å²) in [5.74, 6) is 0.576. The summed E-state index contributed by atoms with van der Waals surface area (Å²) in [7, 11) is 0. The highest BCUT2D eigenvalue weighted by atomic mass is 16.5. The molecule has 1 heterocycles. The summed E-state index contributed by atoms with van der Waals surface area (Å²) in [6.45, 7) is 4.64. The summed E-state index contributed by atoms with van der Waals surface area (Å²) < 4.78 is 5.50. The lowest BCUT2D eigenvalue weighted by molar-refractivity contribution is -0.129. The third-order valence-electron chi connectivity index (χ3n) is 4.61. The fourth-order valence-corrected chi connectivity index (χ4v) is 3.35. The Labute approximate surface area is 160 Å². The number of ether oxygens (including phenoxy) is 1. The largest absolute Gasteiger partial charge is 0.484 e. The molecule has 5 nitrogen and oxygen atoms in total. The van der Waals surface area contributed by atoms with Crippen molar-refractivity contribution in [2.24, 2.45) is 5.92 Å². The van der Waals surface area contributed by atoms with E-state index in [9.17, 15) is 9.59 Å². The van der Waals surface area contributed by atoms with Crippen LogP contribution in [-0.2, 0) is 16.0 Å². The van der Waals surface area contributed by atoms with Crippen molar-refractivity contribution in [2.45, 2.75) is 32.7 Å². The lowest BCUT2D eigenvalue weighted by atomic mass is 10.0. The molecule has 0 aliphatic carbocycles. The molecule has 1 aliphatic rings. The van der Waals surface area contributed by atoms with Crippen molar-refractivity contribution in [3.8, 4) is 5.75 Å². The van der Waals surface area contributed by atoms with Gasteiger partial charge >= 0.3 is 0 Å². The van der Waals surface area contributed by atoms with Crippen molar-refractivity contribution in [3.63, 3.8) is 0 Å². The lowest BCUT2D eigenvalue weighted by Crippen LogP contribution is -2.50. The number of nitrogens with one attached hydrogen (secondary N) is 1. The van der Waals surface area contributed by atoms with Crippen molar-refractivity contribution in [1.29, 1.82) is 0 Å². The van der Waals surface area contributed by atoms with E-state index in [4.69, 9.17) is 4.74 Å². The van der Waals surface area contributed by atoms with Crippen LogP contribution in [0.4, 0.5) is 5.69 Å². The summed E-state index contributed by atoms with van der Waals surface area (Å²) in [6.07, 6.45) is 1.44. The Kier molecular flexibility index (Phi) is 6.12. The van der Waals surface area contributed by atoms with Crippen LogP contribution in [0.2, 0.25) is 0 Å². The molecule has 0 unspecified atom stereocenters. The van der Waals surface area contributed by atoms with Crippen molar-refractivity contribution >= 4 is 17.5 Å². The van der Waals surface area contributed by atoms with Gasteiger partial charge in [-0.3, -0.25) is 9.59 Å². The molecular formula is C22H26N2O3. The SMILES string of the molecule is CC(C)C[C@H](NC(=O)COc1ccccc1)C(=O)N1CCc2ccccc21. The van der Waals surface area contributed by atoms with E-state index in [0.29, 0.717) is 18.7 Å². The van der Waals surface area contributed by atoms with Crippen molar-refractivity contribution in [2.75, 3.05) is 18.1 Å². The average Bonchev–Trinajstić information content (AvgIpc) is 3.10. The van der Waals surface area contributed by atoms with E-state index in [0.717, 1.165) is 12.1 Å². The van der Waals surface area contributed by atoms with Crippen molar-refractivity contribution in [1.82, 2.24) is 5.32 Å². The van der Waals surface area contributed by atoms with Crippen LogP contribution in [0, 0.1) is 5.92 Å². The third kappa shape index (κ3) is 4.88. The van der Waals surface area contributed by atoms with Gasteiger partial charge < -0.3 is 15.0 Å². The number of benzene rings is 2. The lowest BCUT2D eigenvalue weighted by Gasteiger charge is -2.26. The monoisotopic (exact) mass is 366 g/mol. The Bertz CT molecular complexity index is 789. The number of para-hydroxylation sites is 2. The van der Waals surface area contributed by atoms with Crippen LogP contribution in [-0.4, -0.2) is 31.0 Å². The predicted octanol–water partition coefficient (Wildman–Crippen LogP) is 3.19. The Morgan fingerprint density at radius 1 is 1.07 bits per heavy atom. The van der Waals surface area contributed by atoms with E-state index >= 15 is 0 Å². The molecule has 0 saturated carbocycles. The number of carbonyl (C=O) groups excluding carboxylic acids is 2. The van der Waals surface area contributed by atoms with Gasteiger partial charge in [0.1, 0.15) is 11.8 Å². The second-order valence-corrected chi connectivity index (χ2v) is 7.22. The Balaban J connectivity index is 1.65. The molecule has 0 fully saturated rings. The van der Waals surface area contributed by atoms with Gasteiger partial charge in [-0.25, -0.2) is 0 Å². The first-order valence-corrected chi connectivity index (χ1v) is 9.41. The zero-order valence-corrected chi connectivity index (χ0v) is 15.9. The third-order valence-corrected chi connectivity index (χ3v) is 4.61. The predicted molar refractivity (Wildman–Crippen MR) is 106 cm³/mol. The summed E-state index contributed by atoms with van der Waals surface area (Å²) >= 11 is 0. The summed E-state index contributed by atoms with van der Waals surface area (Å²) in [4.78, 5) is 27.3. The second kappa shape index (κ2) is 8.71. The fraction of sp³-hybridized carbons (Fsp3) is 0.364. The van der Waals surface area contributed by atoms with Crippen LogP contribution in [0.1, 0.15) is 25.8 Å². The van der Waals surface area contributed by atoms with E-state index in [1.165, 1.54) is 5.56 Å². The highest BCUT2D eigenvalue weighted by Gasteiger charge is 2.31. The normalized spacial score (nSPS) is 14.0. The topological polar surface area (TPSA) is 58.6 Å². The standard InChI is InChI=1S/C22H26N2O3/c1-16(2)14-19(23-21(25)15-27-18-9-4-3-5-10-18)22(26)24-13-12-17-8-6-7-11-20(17)24/h3-11,16,19H,12-15H2,1-2H3,(H,23,25)/t19-/m0/s1. The molecule has 2 amide bonds. The molecule has 3 rings (SSSR count). The summed E-state index contributed by atoms with van der Waals surface area (Å²) in [5.41, 5.74) is 2.12. The minimum atomic E-state index is -0.553. The number of anilines is 1. The number of nitrogens with zero attached hydrogens (tertiary/aromatic N) is 1. The van der Waals surface area contributed by atoms with Crippen LogP contribution < -0.4 is 15.0 Å². The van der Waals surface area contributed by atoms with E-state index < -0.39 is 6.04 Å². The van der Waals surface area contributed by atoms with Gasteiger partial charge in [0.25, 0.3) is 5.91 Å². The maximum absolute atomic E-state index is 13.1. The van der Waals surface area contributed by atoms with Gasteiger partial charge in [-0.05, 0) is 42.5 Å². The first-order valence-electron chi connectivity index (χ1n) is 9.41. The quantitative estimate of drug-likeness (QED) is 0.819. The Morgan fingerprint density at radius 2 is 1.78 bits per heavy atom. The first-order chi connectivity index (χ1) is 13.0. The van der Waals surface area contributed by atoms with E-state index in [1.807, 2.05) is 56.3 Å². The number of fused-ring (bicyclic) bond motifs is 1. The zero-order chi connectivity index (χ0) is 19.2. The zero-order valence-electron chi connectivity index (χ0n) is 15.9. The van der Waals surface area contributed by atoms with Gasteiger partial charge in [-0.15, -0.1) is 0 Å². The highest BCUT2D eigenvalue weighted by molar-refractivity contribution is 6.00. The molecule has 1 atom stereocenters. The fourth-order valence-electron chi connectivity index (χ4n) is 3.35. The van der Waals surface area contributed by atoms with Crippen LogP contribution >= 0.6 is 0 Å². The molecule has 0 bridgehead atoms. The number of hydrogen-bond acceptors (Lipinski definition) is 3. The van der Waals surface area contributed by atoms with Gasteiger partial charge in [0.05, 0.1) is 0 Å². The smallest absolute Gasteiger partial charge is 0.258 e. The molecule has 0 aromatic heterocycles. The van der Waals surface area contributed by atoms with Crippen molar-refractivity contribution < 1.29 is 14.3 Å². The molecule has 5 heteroatoms. The van der Waals surface area contributed by atoms with Gasteiger partial charge in [-0.1, -0.05) is 50.2 Å². The van der Waals surface area contributed by atoms with Gasteiger partial charge in [-0.2, -0.15) is 0 Å². The van der Waals surface area contributed by atoms with Gasteiger partial charge in [0.2, 0.25) is 5.91 Å². The summed E-state index contributed by atoms with van der Waals surface area (Å²) in [6, 6.07) is 16.6. The van der Waals surface area contributed by atoms with Crippen LogP contribution in [0.5, 0.6) is 5.75 Å². The first kappa shape index (κ1) is 19.0. The minimum Gasteiger partial charge on any atom is -0.484 e. The number of hydrogen-bond donors (Lipinski definition) is 1. The number of amides is 2. The van der Waals surface area contributed by atoms with E-state index in [1.54, 1.807) is 17.0 Å². The number of carbonyl (C=O) groups is 2. The summed E-state index contributed by atoms with van der Waals surface area (Å²) in [5, 5.41) is 2.87. The molecule has 0 radical (unpaired) electrons. The molecule has 27 heavy (non-hydrogen) atoms. The Hall–Kier alpha value is -2.82.